The van der Waals surface area contributed by atoms with Crippen molar-refractivity contribution in [2.45, 2.75) is 31.9 Å². The van der Waals surface area contributed by atoms with Gasteiger partial charge in [-0.05, 0) is 31.9 Å². The molecule has 26 heavy (non-hydrogen) atoms. The van der Waals surface area contributed by atoms with Crippen molar-refractivity contribution < 1.29 is 19.1 Å². The third-order valence-corrected chi connectivity index (χ3v) is 4.31. The van der Waals surface area contributed by atoms with Gasteiger partial charge in [0.1, 0.15) is 24.3 Å². The minimum absolute atomic E-state index is 0.0408. The summed E-state index contributed by atoms with van der Waals surface area (Å²) in [6.45, 7) is 5.29. The standard InChI is InChI=1S/C21H23NO4/c1-20(2,3)26-19(24)22-14-18(23)25-15-21(22,16-10-6-4-7-11-16)17-12-8-5-9-13-17/h4-13H,14-15H2,1-3H3. The molecule has 0 bridgehead atoms. The average molecular weight is 353 g/mol. The van der Waals surface area contributed by atoms with E-state index in [0.717, 1.165) is 11.1 Å². The Morgan fingerprint density at radius 2 is 1.50 bits per heavy atom. The molecule has 0 atom stereocenters. The van der Waals surface area contributed by atoms with E-state index >= 15 is 0 Å². The minimum atomic E-state index is -0.932. The first kappa shape index (κ1) is 18.0. The first-order chi connectivity index (χ1) is 12.3. The predicted molar refractivity (Wildman–Crippen MR) is 97.6 cm³/mol. The Hall–Kier alpha value is -2.82. The van der Waals surface area contributed by atoms with Crippen LogP contribution in [-0.2, 0) is 19.8 Å². The van der Waals surface area contributed by atoms with Crippen molar-refractivity contribution in [2.24, 2.45) is 0 Å². The van der Waals surface area contributed by atoms with Gasteiger partial charge in [0.15, 0.2) is 0 Å². The van der Waals surface area contributed by atoms with Gasteiger partial charge >= 0.3 is 12.1 Å². The zero-order valence-corrected chi connectivity index (χ0v) is 15.3. The van der Waals surface area contributed by atoms with Crippen molar-refractivity contribution in [3.63, 3.8) is 0 Å². The summed E-state index contributed by atoms with van der Waals surface area (Å²) >= 11 is 0. The smallest absolute Gasteiger partial charge is 0.411 e. The third-order valence-electron chi connectivity index (χ3n) is 4.31. The molecule has 0 aliphatic carbocycles. The molecule has 0 aromatic heterocycles. The van der Waals surface area contributed by atoms with Crippen LogP contribution in [0.15, 0.2) is 60.7 Å². The first-order valence-corrected chi connectivity index (χ1v) is 8.60. The molecule has 0 unspecified atom stereocenters. The summed E-state index contributed by atoms with van der Waals surface area (Å²) in [6.07, 6.45) is -0.540. The van der Waals surface area contributed by atoms with E-state index in [1.165, 1.54) is 4.90 Å². The monoisotopic (exact) mass is 353 g/mol. The number of morpholine rings is 1. The quantitative estimate of drug-likeness (QED) is 0.772. The number of ether oxygens (including phenoxy) is 2. The number of carbonyl (C=O) groups excluding carboxylic acids is 2. The van der Waals surface area contributed by atoms with E-state index in [9.17, 15) is 9.59 Å². The second kappa shape index (κ2) is 6.83. The van der Waals surface area contributed by atoms with Crippen molar-refractivity contribution in [3.05, 3.63) is 71.8 Å². The molecule has 0 spiro atoms. The van der Waals surface area contributed by atoms with Crippen LogP contribution in [-0.4, -0.2) is 35.7 Å². The van der Waals surface area contributed by atoms with E-state index in [2.05, 4.69) is 0 Å². The summed E-state index contributed by atoms with van der Waals surface area (Å²) in [6, 6.07) is 19.2. The molecular formula is C21H23NO4. The van der Waals surface area contributed by atoms with Crippen LogP contribution in [0.5, 0.6) is 0 Å². The van der Waals surface area contributed by atoms with Crippen molar-refractivity contribution in [2.75, 3.05) is 13.2 Å². The Labute approximate surface area is 153 Å². The van der Waals surface area contributed by atoms with Gasteiger partial charge in [-0.1, -0.05) is 60.7 Å². The third kappa shape index (κ3) is 3.43. The molecule has 1 saturated heterocycles. The largest absolute Gasteiger partial charge is 0.461 e. The fourth-order valence-corrected chi connectivity index (χ4v) is 3.18. The van der Waals surface area contributed by atoms with Crippen LogP contribution in [0.2, 0.25) is 0 Å². The number of esters is 1. The van der Waals surface area contributed by atoms with Crippen LogP contribution in [0.1, 0.15) is 31.9 Å². The lowest BCUT2D eigenvalue weighted by atomic mass is 9.81. The number of hydrogen-bond acceptors (Lipinski definition) is 4. The molecule has 2 aromatic rings. The molecule has 5 heteroatoms. The molecule has 0 N–H and O–H groups in total. The molecule has 3 rings (SSSR count). The number of cyclic esters (lactones) is 1. The zero-order chi connectivity index (χ0) is 18.8. The van der Waals surface area contributed by atoms with Gasteiger partial charge in [0, 0.05) is 0 Å². The number of benzene rings is 2. The van der Waals surface area contributed by atoms with Gasteiger partial charge in [-0.25, -0.2) is 4.79 Å². The van der Waals surface area contributed by atoms with Crippen LogP contribution in [0.3, 0.4) is 0 Å². The first-order valence-electron chi connectivity index (χ1n) is 8.60. The number of rotatable bonds is 2. The van der Waals surface area contributed by atoms with Crippen LogP contribution in [0, 0.1) is 0 Å². The fourth-order valence-electron chi connectivity index (χ4n) is 3.18. The highest BCUT2D eigenvalue weighted by Crippen LogP contribution is 2.39. The van der Waals surface area contributed by atoms with Crippen LogP contribution < -0.4 is 0 Å². The van der Waals surface area contributed by atoms with Gasteiger partial charge in [-0.2, -0.15) is 0 Å². The summed E-state index contributed by atoms with van der Waals surface area (Å²) in [5.41, 5.74) is 0.130. The summed E-state index contributed by atoms with van der Waals surface area (Å²) in [7, 11) is 0. The lowest BCUT2D eigenvalue weighted by molar-refractivity contribution is -0.159. The van der Waals surface area contributed by atoms with E-state index < -0.39 is 23.2 Å². The van der Waals surface area contributed by atoms with E-state index in [1.807, 2.05) is 60.7 Å². The summed E-state index contributed by atoms with van der Waals surface area (Å²) in [5.74, 6) is -0.446. The molecule has 2 aromatic carbocycles. The second-order valence-electron chi connectivity index (χ2n) is 7.32. The molecule has 1 aliphatic heterocycles. The summed E-state index contributed by atoms with van der Waals surface area (Å²) < 4.78 is 11.0. The van der Waals surface area contributed by atoms with Gasteiger partial charge in [0.2, 0.25) is 0 Å². The normalized spacial score (nSPS) is 16.7. The fraction of sp³-hybridized carbons (Fsp3) is 0.333. The maximum Gasteiger partial charge on any atom is 0.411 e. The molecule has 1 amide bonds. The lowest BCUT2D eigenvalue weighted by Crippen LogP contribution is -2.59. The number of hydrogen-bond donors (Lipinski definition) is 0. The van der Waals surface area contributed by atoms with E-state index in [4.69, 9.17) is 9.47 Å². The SMILES string of the molecule is CC(C)(C)OC(=O)N1CC(=O)OCC1(c1ccccc1)c1ccccc1. The highest BCUT2D eigenvalue weighted by atomic mass is 16.6. The number of carbonyl (C=O) groups is 2. The second-order valence-corrected chi connectivity index (χ2v) is 7.32. The maximum atomic E-state index is 13.0. The Bertz CT molecular complexity index is 741. The van der Waals surface area contributed by atoms with Crippen molar-refractivity contribution in [3.8, 4) is 0 Å². The molecule has 0 saturated carbocycles. The van der Waals surface area contributed by atoms with Crippen molar-refractivity contribution >= 4 is 12.1 Å². The van der Waals surface area contributed by atoms with Gasteiger partial charge in [-0.15, -0.1) is 0 Å². The Morgan fingerprint density at radius 3 is 1.96 bits per heavy atom. The predicted octanol–water partition coefficient (Wildman–Crippen LogP) is 3.72. The minimum Gasteiger partial charge on any atom is -0.461 e. The highest BCUT2D eigenvalue weighted by Gasteiger charge is 2.49. The lowest BCUT2D eigenvalue weighted by Gasteiger charge is -2.46. The van der Waals surface area contributed by atoms with Crippen molar-refractivity contribution in [1.29, 1.82) is 0 Å². The van der Waals surface area contributed by atoms with Crippen LogP contribution >= 0.6 is 0 Å². The van der Waals surface area contributed by atoms with Gasteiger partial charge in [0.25, 0.3) is 0 Å². The Balaban J connectivity index is 2.16. The highest BCUT2D eigenvalue weighted by molar-refractivity contribution is 5.81. The molecule has 1 fully saturated rings. The molecule has 1 aliphatic rings. The molecule has 0 radical (unpaired) electrons. The van der Waals surface area contributed by atoms with Crippen LogP contribution in [0.25, 0.3) is 0 Å². The molecule has 136 valence electrons. The number of nitrogens with zero attached hydrogens (tertiary/aromatic N) is 1. The molecule has 5 nitrogen and oxygen atoms in total. The molecular weight excluding hydrogens is 330 g/mol. The summed E-state index contributed by atoms with van der Waals surface area (Å²) in [5, 5.41) is 0. The van der Waals surface area contributed by atoms with Crippen molar-refractivity contribution in [1.82, 2.24) is 4.90 Å². The number of amides is 1. The van der Waals surface area contributed by atoms with Gasteiger partial charge in [-0.3, -0.25) is 9.69 Å². The molecule has 1 heterocycles. The van der Waals surface area contributed by atoms with E-state index in [1.54, 1.807) is 20.8 Å². The average Bonchev–Trinajstić information content (AvgIpc) is 2.62. The van der Waals surface area contributed by atoms with Gasteiger partial charge in [0.05, 0.1) is 0 Å². The maximum absolute atomic E-state index is 13.0. The van der Waals surface area contributed by atoms with E-state index in [0.29, 0.717) is 0 Å². The van der Waals surface area contributed by atoms with E-state index in [-0.39, 0.29) is 13.2 Å². The Kier molecular flexibility index (Phi) is 4.72. The Morgan fingerprint density at radius 1 is 1.00 bits per heavy atom. The van der Waals surface area contributed by atoms with Gasteiger partial charge < -0.3 is 9.47 Å². The van der Waals surface area contributed by atoms with Crippen LogP contribution in [0.4, 0.5) is 4.79 Å². The topological polar surface area (TPSA) is 55.8 Å². The summed E-state index contributed by atoms with van der Waals surface area (Å²) in [4.78, 5) is 26.5. The zero-order valence-electron chi connectivity index (χ0n) is 15.3.